The van der Waals surface area contributed by atoms with Gasteiger partial charge in [0.05, 0.1) is 5.56 Å². The summed E-state index contributed by atoms with van der Waals surface area (Å²) in [5, 5.41) is 0. The minimum atomic E-state index is -0.523. The second-order valence-corrected chi connectivity index (χ2v) is 9.08. The quantitative estimate of drug-likeness (QED) is 0.743. The van der Waals surface area contributed by atoms with E-state index in [9.17, 15) is 14.0 Å². The first-order chi connectivity index (χ1) is 11.9. The highest BCUT2D eigenvalue weighted by molar-refractivity contribution is 9.10. The molecule has 134 valence electrons. The van der Waals surface area contributed by atoms with Gasteiger partial charge in [-0.3, -0.25) is 20.4 Å². The fourth-order valence-electron chi connectivity index (χ4n) is 5.76. The molecule has 1 aromatic rings. The van der Waals surface area contributed by atoms with E-state index in [0.29, 0.717) is 10.9 Å². The van der Waals surface area contributed by atoms with Crippen LogP contribution in [0.4, 0.5) is 4.39 Å². The third-order valence-electron chi connectivity index (χ3n) is 6.19. The molecule has 4 fully saturated rings. The number of hydrazine groups is 1. The molecule has 0 saturated heterocycles. The van der Waals surface area contributed by atoms with Crippen molar-refractivity contribution in [3.63, 3.8) is 0 Å². The van der Waals surface area contributed by atoms with Crippen molar-refractivity contribution in [1.29, 1.82) is 0 Å². The molecule has 0 aromatic heterocycles. The standard InChI is InChI=1S/C19H22BrFN2O2/c20-16-2-1-14(21)6-15(16)18(25)23-22-17(24)10-19-7-11-3-12(8-19)5-13(4-11)9-19/h1-2,6,11-13H,3-5,7-10H2,(H,22,24)(H,23,25). The zero-order valence-corrected chi connectivity index (χ0v) is 15.6. The number of benzene rings is 1. The van der Waals surface area contributed by atoms with Crippen LogP contribution < -0.4 is 10.9 Å². The molecule has 4 saturated carbocycles. The average molecular weight is 409 g/mol. The number of amides is 2. The van der Waals surface area contributed by atoms with E-state index in [1.165, 1.54) is 31.4 Å². The van der Waals surface area contributed by atoms with Crippen molar-refractivity contribution in [1.82, 2.24) is 10.9 Å². The largest absolute Gasteiger partial charge is 0.273 e. The van der Waals surface area contributed by atoms with Crippen LogP contribution in [0, 0.1) is 29.0 Å². The van der Waals surface area contributed by atoms with E-state index in [1.54, 1.807) is 0 Å². The summed E-state index contributed by atoms with van der Waals surface area (Å²) < 4.78 is 13.8. The highest BCUT2D eigenvalue weighted by atomic mass is 79.9. The lowest BCUT2D eigenvalue weighted by Gasteiger charge is -2.56. The Kier molecular flexibility index (Phi) is 4.34. The molecule has 4 aliphatic rings. The van der Waals surface area contributed by atoms with Crippen LogP contribution in [0.25, 0.3) is 0 Å². The lowest BCUT2D eigenvalue weighted by Crippen LogP contribution is -2.50. The van der Waals surface area contributed by atoms with Crippen LogP contribution in [0.15, 0.2) is 22.7 Å². The molecule has 0 heterocycles. The van der Waals surface area contributed by atoms with Crippen LogP contribution in [0.5, 0.6) is 0 Å². The van der Waals surface area contributed by atoms with Gasteiger partial charge < -0.3 is 0 Å². The van der Waals surface area contributed by atoms with Gasteiger partial charge in [-0.1, -0.05) is 0 Å². The van der Waals surface area contributed by atoms with Crippen molar-refractivity contribution in [2.24, 2.45) is 23.2 Å². The molecular weight excluding hydrogens is 387 g/mol. The molecule has 0 radical (unpaired) electrons. The van der Waals surface area contributed by atoms with E-state index in [0.717, 1.165) is 43.1 Å². The van der Waals surface area contributed by atoms with Gasteiger partial charge in [-0.05, 0) is 95.8 Å². The molecule has 0 spiro atoms. The molecule has 0 aliphatic heterocycles. The summed E-state index contributed by atoms with van der Waals surface area (Å²) in [5.41, 5.74) is 5.23. The Balaban J connectivity index is 1.35. The van der Waals surface area contributed by atoms with Gasteiger partial charge in [-0.2, -0.15) is 0 Å². The van der Waals surface area contributed by atoms with Crippen LogP contribution >= 0.6 is 15.9 Å². The zero-order valence-electron chi connectivity index (χ0n) is 14.0. The van der Waals surface area contributed by atoms with Gasteiger partial charge in [0.1, 0.15) is 5.82 Å². The van der Waals surface area contributed by atoms with Crippen LogP contribution in [0.1, 0.15) is 55.3 Å². The molecular formula is C19H22BrFN2O2. The van der Waals surface area contributed by atoms with Crippen LogP contribution in [-0.4, -0.2) is 11.8 Å². The minimum Gasteiger partial charge on any atom is -0.273 e. The van der Waals surface area contributed by atoms with Crippen molar-refractivity contribution >= 4 is 27.7 Å². The van der Waals surface area contributed by atoms with Crippen LogP contribution in [0.3, 0.4) is 0 Å². The monoisotopic (exact) mass is 408 g/mol. The van der Waals surface area contributed by atoms with Gasteiger partial charge in [-0.25, -0.2) is 4.39 Å². The van der Waals surface area contributed by atoms with Crippen molar-refractivity contribution in [3.05, 3.63) is 34.1 Å². The molecule has 2 amide bonds. The lowest BCUT2D eigenvalue weighted by molar-refractivity contribution is -0.130. The van der Waals surface area contributed by atoms with E-state index in [4.69, 9.17) is 0 Å². The molecule has 4 aliphatic carbocycles. The number of rotatable bonds is 3. The summed E-state index contributed by atoms with van der Waals surface area (Å²) in [6.07, 6.45) is 7.93. The summed E-state index contributed by atoms with van der Waals surface area (Å²) in [7, 11) is 0. The predicted octanol–water partition coefficient (Wildman–Crippen LogP) is 3.96. The van der Waals surface area contributed by atoms with Crippen molar-refractivity contribution < 1.29 is 14.0 Å². The molecule has 2 N–H and O–H groups in total. The smallest absolute Gasteiger partial charge is 0.270 e. The zero-order chi connectivity index (χ0) is 17.6. The molecule has 25 heavy (non-hydrogen) atoms. The third kappa shape index (κ3) is 3.46. The summed E-state index contributed by atoms with van der Waals surface area (Å²) >= 11 is 3.22. The first-order valence-electron chi connectivity index (χ1n) is 8.97. The van der Waals surface area contributed by atoms with Gasteiger partial charge in [-0.15, -0.1) is 0 Å². The second-order valence-electron chi connectivity index (χ2n) is 8.22. The highest BCUT2D eigenvalue weighted by Gasteiger charge is 2.51. The van der Waals surface area contributed by atoms with Gasteiger partial charge in [0.15, 0.2) is 0 Å². The predicted molar refractivity (Wildman–Crippen MR) is 94.9 cm³/mol. The third-order valence-corrected chi connectivity index (χ3v) is 6.88. The second kappa shape index (κ2) is 6.38. The number of nitrogens with one attached hydrogen (secondary N) is 2. The maximum Gasteiger partial charge on any atom is 0.270 e. The first kappa shape index (κ1) is 17.0. The molecule has 0 unspecified atom stereocenters. The van der Waals surface area contributed by atoms with E-state index in [1.807, 2.05) is 0 Å². The Morgan fingerprint density at radius 1 is 1.08 bits per heavy atom. The average Bonchev–Trinajstić information content (AvgIpc) is 2.53. The van der Waals surface area contributed by atoms with Crippen molar-refractivity contribution in [3.8, 4) is 0 Å². The summed E-state index contributed by atoms with van der Waals surface area (Å²) in [6.45, 7) is 0. The molecule has 0 atom stereocenters. The number of hydrogen-bond donors (Lipinski definition) is 2. The van der Waals surface area contributed by atoms with Crippen LogP contribution in [-0.2, 0) is 4.79 Å². The summed E-state index contributed by atoms with van der Waals surface area (Å²) in [5.74, 6) is 1.20. The topological polar surface area (TPSA) is 58.2 Å². The Labute approximate surface area is 155 Å². The minimum absolute atomic E-state index is 0.128. The fraction of sp³-hybridized carbons (Fsp3) is 0.579. The number of carbonyl (C=O) groups excluding carboxylic acids is 2. The maximum atomic E-state index is 13.3. The maximum absolute atomic E-state index is 13.3. The van der Waals surface area contributed by atoms with E-state index < -0.39 is 11.7 Å². The van der Waals surface area contributed by atoms with Gasteiger partial charge in [0.2, 0.25) is 5.91 Å². The number of hydrogen-bond acceptors (Lipinski definition) is 2. The number of carbonyl (C=O) groups is 2. The summed E-state index contributed by atoms with van der Waals surface area (Å²) in [4.78, 5) is 24.6. The van der Waals surface area contributed by atoms with E-state index in [-0.39, 0.29) is 16.9 Å². The fourth-order valence-corrected chi connectivity index (χ4v) is 6.18. The van der Waals surface area contributed by atoms with Crippen LogP contribution in [0.2, 0.25) is 0 Å². The number of halogens is 2. The molecule has 4 nitrogen and oxygen atoms in total. The van der Waals surface area contributed by atoms with E-state index >= 15 is 0 Å². The molecule has 6 heteroatoms. The Hall–Kier alpha value is -1.43. The SMILES string of the molecule is O=C(CC12CC3CC(CC(C3)C1)C2)NNC(=O)c1cc(F)ccc1Br. The summed E-state index contributed by atoms with van der Waals surface area (Å²) in [6, 6.07) is 3.89. The normalized spacial score (nSPS) is 32.5. The molecule has 4 bridgehead atoms. The Morgan fingerprint density at radius 2 is 1.68 bits per heavy atom. The van der Waals surface area contributed by atoms with Gasteiger partial charge in [0, 0.05) is 10.9 Å². The molecule has 5 rings (SSSR count). The van der Waals surface area contributed by atoms with Gasteiger partial charge >= 0.3 is 0 Å². The van der Waals surface area contributed by atoms with E-state index in [2.05, 4.69) is 26.8 Å². The van der Waals surface area contributed by atoms with Gasteiger partial charge in [0.25, 0.3) is 5.91 Å². The molecule has 1 aromatic carbocycles. The Bertz CT molecular complexity index is 686. The highest BCUT2D eigenvalue weighted by Crippen LogP contribution is 2.61. The Morgan fingerprint density at radius 3 is 2.28 bits per heavy atom. The van der Waals surface area contributed by atoms with Crippen molar-refractivity contribution in [2.45, 2.75) is 44.9 Å². The lowest BCUT2D eigenvalue weighted by atomic mass is 9.49. The first-order valence-corrected chi connectivity index (χ1v) is 9.76. The van der Waals surface area contributed by atoms with Crippen molar-refractivity contribution in [2.75, 3.05) is 0 Å².